The van der Waals surface area contributed by atoms with Crippen molar-refractivity contribution in [1.82, 2.24) is 10.2 Å². The second-order valence-electron chi connectivity index (χ2n) is 5.03. The number of nitrogens with zero attached hydrogens (tertiary/aromatic N) is 1. The van der Waals surface area contributed by atoms with E-state index in [1.165, 1.54) is 4.90 Å². The van der Waals surface area contributed by atoms with Crippen LogP contribution >= 0.6 is 0 Å². The van der Waals surface area contributed by atoms with Crippen molar-refractivity contribution >= 4 is 12.0 Å². The lowest BCUT2D eigenvalue weighted by molar-refractivity contribution is -0.140. The summed E-state index contributed by atoms with van der Waals surface area (Å²) in [5, 5.41) is 21.1. The average Bonchev–Trinajstić information content (AvgIpc) is 2.66. The van der Waals surface area contributed by atoms with E-state index in [0.29, 0.717) is 19.6 Å². The molecule has 0 bridgehead atoms. The van der Waals surface area contributed by atoms with Crippen molar-refractivity contribution in [3.8, 4) is 0 Å². The number of hydrogen-bond acceptors (Lipinski definition) is 4. The molecule has 0 saturated carbocycles. The van der Waals surface area contributed by atoms with E-state index in [-0.39, 0.29) is 25.5 Å². The lowest BCUT2D eigenvalue weighted by Gasteiger charge is -2.21. The number of ether oxygens (including phenoxy) is 1. The van der Waals surface area contributed by atoms with E-state index >= 15 is 0 Å². The minimum atomic E-state index is -0.961. The van der Waals surface area contributed by atoms with Crippen molar-refractivity contribution in [2.24, 2.45) is 0 Å². The van der Waals surface area contributed by atoms with Gasteiger partial charge < -0.3 is 25.2 Å². The van der Waals surface area contributed by atoms with Crippen LogP contribution in [-0.2, 0) is 9.53 Å². The van der Waals surface area contributed by atoms with Gasteiger partial charge in [0.25, 0.3) is 0 Å². The lowest BCUT2D eigenvalue weighted by Crippen LogP contribution is -2.44. The smallest absolute Gasteiger partial charge is 0.317 e. The first kappa shape index (κ1) is 15.7. The Hall–Kier alpha value is -1.34. The SMILES string of the molecule is CCOC(CNC(=O)N1CCC(C)(O)C1)CC(=O)O. The van der Waals surface area contributed by atoms with Crippen LogP contribution in [0.15, 0.2) is 0 Å². The van der Waals surface area contributed by atoms with Crippen molar-refractivity contribution in [3.05, 3.63) is 0 Å². The second-order valence-corrected chi connectivity index (χ2v) is 5.03. The molecule has 2 amide bonds. The summed E-state index contributed by atoms with van der Waals surface area (Å²) in [6.45, 7) is 4.79. The predicted octanol–water partition coefficient (Wildman–Crippen LogP) is 0.0325. The van der Waals surface area contributed by atoms with Crippen LogP contribution in [0.4, 0.5) is 4.79 Å². The van der Waals surface area contributed by atoms with E-state index in [0.717, 1.165) is 0 Å². The summed E-state index contributed by atoms with van der Waals surface area (Å²) in [6.07, 6.45) is -0.134. The highest BCUT2D eigenvalue weighted by Gasteiger charge is 2.34. The standard InChI is InChI=1S/C12H22N2O5/c1-3-19-9(6-10(15)16)7-13-11(17)14-5-4-12(2,18)8-14/h9,18H,3-8H2,1-2H3,(H,13,17)(H,15,16). The summed E-state index contributed by atoms with van der Waals surface area (Å²) in [7, 11) is 0. The summed E-state index contributed by atoms with van der Waals surface area (Å²) >= 11 is 0. The molecule has 2 unspecified atom stereocenters. The molecule has 7 nitrogen and oxygen atoms in total. The Kier molecular flexibility index (Phi) is 5.56. The van der Waals surface area contributed by atoms with Crippen LogP contribution in [0.5, 0.6) is 0 Å². The van der Waals surface area contributed by atoms with Crippen LogP contribution in [0.25, 0.3) is 0 Å². The molecule has 0 spiro atoms. The van der Waals surface area contributed by atoms with Crippen LogP contribution < -0.4 is 5.32 Å². The van der Waals surface area contributed by atoms with E-state index in [1.807, 2.05) is 0 Å². The maximum Gasteiger partial charge on any atom is 0.317 e. The molecule has 1 aliphatic rings. The van der Waals surface area contributed by atoms with E-state index in [4.69, 9.17) is 9.84 Å². The number of aliphatic hydroxyl groups is 1. The van der Waals surface area contributed by atoms with Gasteiger partial charge in [-0.05, 0) is 20.3 Å². The zero-order valence-electron chi connectivity index (χ0n) is 11.4. The molecule has 0 aromatic heterocycles. The Labute approximate surface area is 112 Å². The minimum absolute atomic E-state index is 0.147. The average molecular weight is 274 g/mol. The Bertz CT molecular complexity index is 332. The third-order valence-electron chi connectivity index (χ3n) is 3.02. The lowest BCUT2D eigenvalue weighted by atomic mass is 10.1. The maximum atomic E-state index is 11.8. The molecule has 0 radical (unpaired) electrons. The van der Waals surface area contributed by atoms with Gasteiger partial charge in [0.15, 0.2) is 0 Å². The Morgan fingerprint density at radius 3 is 2.68 bits per heavy atom. The summed E-state index contributed by atoms with van der Waals surface area (Å²) < 4.78 is 5.24. The van der Waals surface area contributed by atoms with Gasteiger partial charge in [-0.25, -0.2) is 4.79 Å². The monoisotopic (exact) mass is 274 g/mol. The molecule has 1 rings (SSSR count). The van der Waals surface area contributed by atoms with E-state index in [2.05, 4.69) is 5.32 Å². The molecule has 1 saturated heterocycles. The molecule has 0 aromatic carbocycles. The van der Waals surface area contributed by atoms with Crippen LogP contribution in [0.3, 0.4) is 0 Å². The molecular formula is C12H22N2O5. The largest absolute Gasteiger partial charge is 0.481 e. The number of β-amino-alcohol motifs (C(OH)–C–C–N with tert-alkyl or cyclic N) is 1. The van der Waals surface area contributed by atoms with Gasteiger partial charge in [-0.2, -0.15) is 0 Å². The molecule has 19 heavy (non-hydrogen) atoms. The molecule has 0 aliphatic carbocycles. The van der Waals surface area contributed by atoms with Gasteiger partial charge in [0, 0.05) is 19.7 Å². The summed E-state index contributed by atoms with van der Waals surface area (Å²) in [6, 6.07) is -0.298. The van der Waals surface area contributed by atoms with Gasteiger partial charge in [-0.1, -0.05) is 0 Å². The van der Waals surface area contributed by atoms with E-state index < -0.39 is 17.7 Å². The molecule has 0 aromatic rings. The Morgan fingerprint density at radius 2 is 2.21 bits per heavy atom. The molecule has 2 atom stereocenters. The fourth-order valence-corrected chi connectivity index (χ4v) is 2.05. The van der Waals surface area contributed by atoms with Gasteiger partial charge in [0.05, 0.1) is 24.7 Å². The number of carbonyl (C=O) groups is 2. The number of hydrogen-bond donors (Lipinski definition) is 3. The van der Waals surface area contributed by atoms with Crippen molar-refractivity contribution < 1.29 is 24.5 Å². The third-order valence-corrected chi connectivity index (χ3v) is 3.02. The molecule has 1 fully saturated rings. The molecule has 1 aliphatic heterocycles. The quantitative estimate of drug-likeness (QED) is 0.635. The van der Waals surface area contributed by atoms with Gasteiger partial charge in [-0.15, -0.1) is 0 Å². The topological polar surface area (TPSA) is 99.1 Å². The first-order valence-electron chi connectivity index (χ1n) is 6.42. The third kappa shape index (κ3) is 5.44. The maximum absolute atomic E-state index is 11.8. The zero-order valence-corrected chi connectivity index (χ0v) is 11.4. The van der Waals surface area contributed by atoms with Crippen LogP contribution in [0.2, 0.25) is 0 Å². The number of nitrogens with one attached hydrogen (secondary N) is 1. The molecule has 110 valence electrons. The minimum Gasteiger partial charge on any atom is -0.481 e. The summed E-state index contributed by atoms with van der Waals surface area (Å²) in [5.41, 5.74) is -0.836. The van der Waals surface area contributed by atoms with Gasteiger partial charge in [0.1, 0.15) is 0 Å². The fourth-order valence-electron chi connectivity index (χ4n) is 2.05. The Morgan fingerprint density at radius 1 is 1.53 bits per heavy atom. The van der Waals surface area contributed by atoms with Crippen molar-refractivity contribution in [3.63, 3.8) is 0 Å². The van der Waals surface area contributed by atoms with E-state index in [1.54, 1.807) is 13.8 Å². The van der Waals surface area contributed by atoms with Crippen molar-refractivity contribution in [1.29, 1.82) is 0 Å². The first-order valence-corrected chi connectivity index (χ1v) is 6.42. The van der Waals surface area contributed by atoms with Gasteiger partial charge in [0.2, 0.25) is 0 Å². The number of aliphatic carboxylic acids is 1. The fraction of sp³-hybridized carbons (Fsp3) is 0.833. The molecule has 3 N–H and O–H groups in total. The molecule has 1 heterocycles. The molecular weight excluding hydrogens is 252 g/mol. The number of carbonyl (C=O) groups excluding carboxylic acids is 1. The molecule has 7 heteroatoms. The van der Waals surface area contributed by atoms with Crippen LogP contribution in [0, 0.1) is 0 Å². The Balaban J connectivity index is 2.37. The number of carboxylic acid groups (broad SMARTS) is 1. The van der Waals surface area contributed by atoms with Gasteiger partial charge >= 0.3 is 12.0 Å². The highest BCUT2D eigenvalue weighted by atomic mass is 16.5. The normalized spacial score (nSPS) is 24.3. The number of carboxylic acids is 1. The number of urea groups is 1. The first-order chi connectivity index (χ1) is 8.84. The highest BCUT2D eigenvalue weighted by molar-refractivity contribution is 5.75. The van der Waals surface area contributed by atoms with Crippen molar-refractivity contribution in [2.45, 2.75) is 38.4 Å². The van der Waals surface area contributed by atoms with Crippen LogP contribution in [0.1, 0.15) is 26.7 Å². The zero-order chi connectivity index (χ0) is 14.5. The highest BCUT2D eigenvalue weighted by Crippen LogP contribution is 2.19. The summed E-state index contributed by atoms with van der Waals surface area (Å²) in [4.78, 5) is 24.0. The van der Waals surface area contributed by atoms with Crippen molar-refractivity contribution in [2.75, 3.05) is 26.2 Å². The van der Waals surface area contributed by atoms with Crippen LogP contribution in [-0.4, -0.2) is 65.1 Å². The summed E-state index contributed by atoms with van der Waals surface area (Å²) in [5.74, 6) is -0.961. The number of likely N-dealkylation sites (tertiary alicyclic amines) is 1. The van der Waals surface area contributed by atoms with Gasteiger partial charge in [-0.3, -0.25) is 4.79 Å². The number of rotatable bonds is 6. The predicted molar refractivity (Wildman–Crippen MR) is 67.9 cm³/mol. The second kappa shape index (κ2) is 6.72. The number of amides is 2. The van der Waals surface area contributed by atoms with E-state index in [9.17, 15) is 14.7 Å².